The SMILES string of the molecule is CCCNC1CCC(CCC)CC1N1CCCN(C)CC1. The Morgan fingerprint density at radius 2 is 1.86 bits per heavy atom. The summed E-state index contributed by atoms with van der Waals surface area (Å²) in [6.07, 6.45) is 9.65. The maximum atomic E-state index is 3.86. The molecule has 1 aliphatic heterocycles. The monoisotopic (exact) mass is 295 g/mol. The van der Waals surface area contributed by atoms with Crippen LogP contribution in [0.4, 0.5) is 0 Å². The highest BCUT2D eigenvalue weighted by atomic mass is 15.2. The Balaban J connectivity index is 1.97. The molecule has 3 unspecified atom stereocenters. The Morgan fingerprint density at radius 1 is 1.00 bits per heavy atom. The van der Waals surface area contributed by atoms with Crippen molar-refractivity contribution >= 4 is 0 Å². The molecule has 3 heteroatoms. The van der Waals surface area contributed by atoms with Crippen LogP contribution in [0.3, 0.4) is 0 Å². The Labute approximate surface area is 132 Å². The van der Waals surface area contributed by atoms with Crippen LogP contribution in [0.5, 0.6) is 0 Å². The molecule has 21 heavy (non-hydrogen) atoms. The van der Waals surface area contributed by atoms with E-state index in [0.29, 0.717) is 0 Å². The van der Waals surface area contributed by atoms with Gasteiger partial charge in [0.05, 0.1) is 0 Å². The van der Waals surface area contributed by atoms with Crippen LogP contribution >= 0.6 is 0 Å². The predicted molar refractivity (Wildman–Crippen MR) is 91.8 cm³/mol. The van der Waals surface area contributed by atoms with Gasteiger partial charge in [-0.1, -0.05) is 26.7 Å². The smallest absolute Gasteiger partial charge is 0.0252 e. The maximum absolute atomic E-state index is 3.86. The van der Waals surface area contributed by atoms with E-state index in [4.69, 9.17) is 0 Å². The van der Waals surface area contributed by atoms with Crippen LogP contribution < -0.4 is 5.32 Å². The number of nitrogens with zero attached hydrogens (tertiary/aromatic N) is 2. The van der Waals surface area contributed by atoms with Crippen LogP contribution in [0.25, 0.3) is 0 Å². The summed E-state index contributed by atoms with van der Waals surface area (Å²) in [5, 5.41) is 3.86. The first-order chi connectivity index (χ1) is 10.2. The summed E-state index contributed by atoms with van der Waals surface area (Å²) in [7, 11) is 2.27. The first-order valence-electron chi connectivity index (χ1n) is 9.40. The molecule has 2 fully saturated rings. The molecular weight excluding hydrogens is 258 g/mol. The lowest BCUT2D eigenvalue weighted by Gasteiger charge is -2.43. The molecule has 1 heterocycles. The van der Waals surface area contributed by atoms with Crippen molar-refractivity contribution in [3.05, 3.63) is 0 Å². The van der Waals surface area contributed by atoms with E-state index in [1.165, 1.54) is 77.7 Å². The molecule has 2 rings (SSSR count). The van der Waals surface area contributed by atoms with Gasteiger partial charge in [-0.05, 0) is 64.7 Å². The summed E-state index contributed by atoms with van der Waals surface area (Å²) in [4.78, 5) is 5.32. The van der Waals surface area contributed by atoms with Crippen molar-refractivity contribution in [2.45, 2.75) is 70.9 Å². The molecule has 0 aromatic carbocycles. The first-order valence-corrected chi connectivity index (χ1v) is 9.40. The molecule has 1 N–H and O–H groups in total. The second kappa shape index (κ2) is 9.12. The Morgan fingerprint density at radius 3 is 2.62 bits per heavy atom. The Bertz CT molecular complexity index is 282. The molecule has 0 spiro atoms. The minimum atomic E-state index is 0.737. The Kier molecular flexibility index (Phi) is 7.48. The number of hydrogen-bond donors (Lipinski definition) is 1. The highest BCUT2D eigenvalue weighted by Crippen LogP contribution is 2.31. The summed E-state index contributed by atoms with van der Waals surface area (Å²) in [5.41, 5.74) is 0. The molecule has 0 amide bonds. The molecule has 3 atom stereocenters. The zero-order chi connectivity index (χ0) is 15.1. The molecule has 0 aromatic heterocycles. The lowest BCUT2D eigenvalue weighted by Crippen LogP contribution is -2.54. The third kappa shape index (κ3) is 5.22. The molecule has 1 aliphatic carbocycles. The fourth-order valence-electron chi connectivity index (χ4n) is 4.27. The topological polar surface area (TPSA) is 18.5 Å². The number of likely N-dealkylation sites (N-methyl/N-ethyl adjacent to an activating group) is 1. The van der Waals surface area contributed by atoms with Crippen molar-refractivity contribution < 1.29 is 0 Å². The zero-order valence-electron chi connectivity index (χ0n) is 14.6. The van der Waals surface area contributed by atoms with E-state index in [1.807, 2.05) is 0 Å². The third-order valence-corrected chi connectivity index (χ3v) is 5.50. The van der Waals surface area contributed by atoms with Crippen molar-refractivity contribution in [2.75, 3.05) is 39.8 Å². The van der Waals surface area contributed by atoms with E-state index in [9.17, 15) is 0 Å². The fourth-order valence-corrected chi connectivity index (χ4v) is 4.27. The van der Waals surface area contributed by atoms with Crippen molar-refractivity contribution in [3.8, 4) is 0 Å². The van der Waals surface area contributed by atoms with E-state index in [1.54, 1.807) is 0 Å². The van der Waals surface area contributed by atoms with E-state index < -0.39 is 0 Å². The summed E-state index contributed by atoms with van der Waals surface area (Å²) in [6, 6.07) is 1.52. The minimum absolute atomic E-state index is 0.737. The van der Waals surface area contributed by atoms with E-state index in [2.05, 4.69) is 36.0 Å². The second-order valence-corrected chi connectivity index (χ2v) is 7.29. The van der Waals surface area contributed by atoms with Gasteiger partial charge in [0.15, 0.2) is 0 Å². The van der Waals surface area contributed by atoms with Crippen molar-refractivity contribution in [1.82, 2.24) is 15.1 Å². The van der Waals surface area contributed by atoms with Crippen LogP contribution in [-0.4, -0.2) is 61.7 Å². The molecule has 3 nitrogen and oxygen atoms in total. The lowest BCUT2D eigenvalue weighted by molar-refractivity contribution is 0.0971. The molecule has 0 aromatic rings. The predicted octanol–water partition coefficient (Wildman–Crippen LogP) is 2.96. The molecule has 2 aliphatic rings. The maximum Gasteiger partial charge on any atom is 0.0252 e. The quantitative estimate of drug-likeness (QED) is 0.813. The van der Waals surface area contributed by atoms with Gasteiger partial charge in [-0.3, -0.25) is 4.90 Å². The van der Waals surface area contributed by atoms with E-state index >= 15 is 0 Å². The standard InChI is InChI=1S/C18H37N3/c1-4-7-16-8-9-17(19-10-5-2)18(15-16)21-12-6-11-20(3)13-14-21/h16-19H,4-15H2,1-3H3. The normalized spacial score (nSPS) is 33.0. The van der Waals surface area contributed by atoms with E-state index in [0.717, 1.165) is 18.0 Å². The van der Waals surface area contributed by atoms with E-state index in [-0.39, 0.29) is 0 Å². The summed E-state index contributed by atoms with van der Waals surface area (Å²) in [6.45, 7) is 10.9. The van der Waals surface area contributed by atoms with Crippen molar-refractivity contribution in [2.24, 2.45) is 5.92 Å². The third-order valence-electron chi connectivity index (χ3n) is 5.50. The molecule has 0 radical (unpaired) electrons. The fraction of sp³-hybridized carbons (Fsp3) is 1.00. The van der Waals surface area contributed by atoms with Gasteiger partial charge in [-0.15, -0.1) is 0 Å². The van der Waals surface area contributed by atoms with Gasteiger partial charge in [-0.25, -0.2) is 0 Å². The largest absolute Gasteiger partial charge is 0.312 e. The molecule has 1 saturated carbocycles. The summed E-state index contributed by atoms with van der Waals surface area (Å²) >= 11 is 0. The molecular formula is C18H37N3. The van der Waals surface area contributed by atoms with Crippen LogP contribution in [0.2, 0.25) is 0 Å². The summed E-state index contributed by atoms with van der Waals surface area (Å²) in [5.74, 6) is 0.973. The van der Waals surface area contributed by atoms with Crippen molar-refractivity contribution in [3.63, 3.8) is 0 Å². The van der Waals surface area contributed by atoms with Gasteiger partial charge in [0.1, 0.15) is 0 Å². The zero-order valence-corrected chi connectivity index (χ0v) is 14.6. The highest BCUT2D eigenvalue weighted by molar-refractivity contribution is 4.92. The minimum Gasteiger partial charge on any atom is -0.312 e. The molecule has 124 valence electrons. The van der Waals surface area contributed by atoms with Gasteiger partial charge < -0.3 is 10.2 Å². The van der Waals surface area contributed by atoms with Gasteiger partial charge in [0, 0.05) is 25.2 Å². The molecule has 0 bridgehead atoms. The number of rotatable bonds is 6. The summed E-state index contributed by atoms with van der Waals surface area (Å²) < 4.78 is 0. The van der Waals surface area contributed by atoms with Crippen LogP contribution in [0.15, 0.2) is 0 Å². The van der Waals surface area contributed by atoms with Crippen LogP contribution in [-0.2, 0) is 0 Å². The van der Waals surface area contributed by atoms with Gasteiger partial charge in [-0.2, -0.15) is 0 Å². The number of nitrogens with one attached hydrogen (secondary N) is 1. The average Bonchev–Trinajstić information content (AvgIpc) is 2.71. The van der Waals surface area contributed by atoms with Gasteiger partial charge >= 0.3 is 0 Å². The molecule has 1 saturated heterocycles. The first kappa shape index (κ1) is 17.2. The van der Waals surface area contributed by atoms with Gasteiger partial charge in [0.25, 0.3) is 0 Å². The number of hydrogen-bond acceptors (Lipinski definition) is 3. The van der Waals surface area contributed by atoms with Crippen LogP contribution in [0.1, 0.15) is 58.8 Å². The average molecular weight is 296 g/mol. The van der Waals surface area contributed by atoms with Crippen LogP contribution in [0, 0.1) is 5.92 Å². The second-order valence-electron chi connectivity index (χ2n) is 7.29. The van der Waals surface area contributed by atoms with Crippen molar-refractivity contribution in [1.29, 1.82) is 0 Å². The lowest BCUT2D eigenvalue weighted by atomic mass is 9.79. The Hall–Kier alpha value is -0.120. The highest BCUT2D eigenvalue weighted by Gasteiger charge is 2.34. The van der Waals surface area contributed by atoms with Gasteiger partial charge in [0.2, 0.25) is 0 Å².